The van der Waals surface area contributed by atoms with Crippen molar-refractivity contribution in [2.45, 2.75) is 31.6 Å². The summed E-state index contributed by atoms with van der Waals surface area (Å²) in [5.74, 6) is 2.26. The molecule has 0 aliphatic carbocycles. The summed E-state index contributed by atoms with van der Waals surface area (Å²) in [5.41, 5.74) is 1.12. The Hall–Kier alpha value is -1.20. The largest absolute Gasteiger partial charge is 0.381 e. The number of piperidine rings is 1. The Morgan fingerprint density at radius 1 is 1.29 bits per heavy atom. The van der Waals surface area contributed by atoms with E-state index < -0.39 is 0 Å². The number of nitrogens with one attached hydrogen (secondary N) is 1. The second kappa shape index (κ2) is 7.18. The zero-order valence-electron chi connectivity index (χ0n) is 12.9. The van der Waals surface area contributed by atoms with Crippen molar-refractivity contribution in [3.8, 4) is 0 Å². The molecule has 0 amide bonds. The Labute approximate surface area is 127 Å². The van der Waals surface area contributed by atoms with Gasteiger partial charge in [-0.3, -0.25) is 0 Å². The summed E-state index contributed by atoms with van der Waals surface area (Å²) in [6.07, 6.45) is 6.64. The second-order valence-corrected chi connectivity index (χ2v) is 6.35. The lowest BCUT2D eigenvalue weighted by atomic mass is 9.94. The van der Waals surface area contributed by atoms with Crippen molar-refractivity contribution >= 4 is 5.82 Å². The Morgan fingerprint density at radius 3 is 2.90 bits per heavy atom. The lowest BCUT2D eigenvalue weighted by Crippen LogP contribution is -2.30. The molecule has 21 heavy (non-hydrogen) atoms. The molecule has 2 fully saturated rings. The first-order chi connectivity index (χ1) is 10.3. The summed E-state index contributed by atoms with van der Waals surface area (Å²) >= 11 is 0. The molecule has 0 aromatic carbocycles. The monoisotopic (exact) mass is 290 g/mol. The first kappa shape index (κ1) is 14.7. The van der Waals surface area contributed by atoms with Crippen molar-refractivity contribution < 1.29 is 4.74 Å². The quantitative estimate of drug-likeness (QED) is 0.900. The summed E-state index contributed by atoms with van der Waals surface area (Å²) in [7, 11) is 2.21. The van der Waals surface area contributed by atoms with Crippen LogP contribution in [0.3, 0.4) is 0 Å². The van der Waals surface area contributed by atoms with Crippen LogP contribution < -0.4 is 5.32 Å². The molecule has 5 heteroatoms. The zero-order chi connectivity index (χ0) is 14.5. The molecule has 0 radical (unpaired) electrons. The highest BCUT2D eigenvalue weighted by Gasteiger charge is 2.19. The van der Waals surface area contributed by atoms with E-state index in [1.54, 1.807) is 6.33 Å². The number of hydrogen-bond donors (Lipinski definition) is 1. The van der Waals surface area contributed by atoms with Crippen molar-refractivity contribution in [2.24, 2.45) is 5.92 Å². The van der Waals surface area contributed by atoms with Crippen LogP contribution in [0.15, 0.2) is 12.4 Å². The van der Waals surface area contributed by atoms with Crippen molar-refractivity contribution in [3.63, 3.8) is 0 Å². The highest BCUT2D eigenvalue weighted by Crippen LogP contribution is 2.24. The maximum Gasteiger partial charge on any atom is 0.129 e. The number of likely N-dealkylation sites (tertiary alicyclic amines) is 1. The maximum absolute atomic E-state index is 5.44. The fourth-order valence-corrected chi connectivity index (χ4v) is 3.22. The normalized spacial score (nSPS) is 24.3. The van der Waals surface area contributed by atoms with Crippen LogP contribution in [-0.2, 0) is 4.74 Å². The fraction of sp³-hybridized carbons (Fsp3) is 0.750. The number of ether oxygens (including phenoxy) is 1. The van der Waals surface area contributed by atoms with E-state index in [2.05, 4.69) is 33.3 Å². The molecule has 0 bridgehead atoms. The number of nitrogens with zero attached hydrogens (tertiary/aromatic N) is 3. The molecule has 3 heterocycles. The van der Waals surface area contributed by atoms with Gasteiger partial charge >= 0.3 is 0 Å². The van der Waals surface area contributed by atoms with Gasteiger partial charge in [-0.05, 0) is 51.7 Å². The third-order valence-corrected chi connectivity index (χ3v) is 4.73. The predicted molar refractivity (Wildman–Crippen MR) is 83.5 cm³/mol. The molecular formula is C16H26N4O. The van der Waals surface area contributed by atoms with Crippen molar-refractivity contribution in [2.75, 3.05) is 45.2 Å². The van der Waals surface area contributed by atoms with Crippen LogP contribution in [0.25, 0.3) is 0 Å². The van der Waals surface area contributed by atoms with Gasteiger partial charge in [0.05, 0.1) is 12.3 Å². The minimum absolute atomic E-state index is 0.447. The topological polar surface area (TPSA) is 50.3 Å². The van der Waals surface area contributed by atoms with Gasteiger partial charge in [0.15, 0.2) is 0 Å². The molecule has 0 unspecified atom stereocenters. The standard InChI is InChI=1S/C16H26N4O/c1-20-7-3-13(4-8-20)2-6-17-16-10-15(18-12-19-16)14-5-9-21-11-14/h10,12-14H,2-9,11H2,1H3,(H,17,18,19)/t14-/m1/s1. The van der Waals surface area contributed by atoms with E-state index in [0.29, 0.717) is 5.92 Å². The van der Waals surface area contributed by atoms with Gasteiger partial charge in [-0.25, -0.2) is 9.97 Å². The first-order valence-corrected chi connectivity index (χ1v) is 8.13. The number of anilines is 1. The number of rotatable bonds is 5. The van der Waals surface area contributed by atoms with Gasteiger partial charge in [-0.2, -0.15) is 0 Å². The molecule has 0 spiro atoms. The fourth-order valence-electron chi connectivity index (χ4n) is 3.22. The van der Waals surface area contributed by atoms with Crippen molar-refractivity contribution in [1.29, 1.82) is 0 Å². The van der Waals surface area contributed by atoms with Crippen LogP contribution in [-0.4, -0.2) is 54.8 Å². The van der Waals surface area contributed by atoms with E-state index in [1.165, 1.54) is 32.4 Å². The molecule has 2 saturated heterocycles. The minimum Gasteiger partial charge on any atom is -0.381 e. The summed E-state index contributed by atoms with van der Waals surface area (Å²) in [5, 5.41) is 3.46. The van der Waals surface area contributed by atoms with Crippen LogP contribution in [0.5, 0.6) is 0 Å². The van der Waals surface area contributed by atoms with Gasteiger partial charge in [0.1, 0.15) is 12.1 Å². The van der Waals surface area contributed by atoms with Gasteiger partial charge in [0.2, 0.25) is 0 Å². The number of hydrogen-bond acceptors (Lipinski definition) is 5. The molecule has 0 saturated carbocycles. The highest BCUT2D eigenvalue weighted by molar-refractivity contribution is 5.35. The number of aromatic nitrogens is 2. The van der Waals surface area contributed by atoms with Crippen LogP contribution in [0, 0.1) is 5.92 Å². The minimum atomic E-state index is 0.447. The molecule has 1 atom stereocenters. The van der Waals surface area contributed by atoms with Crippen LogP contribution in [0.1, 0.15) is 37.3 Å². The lowest BCUT2D eigenvalue weighted by Gasteiger charge is -2.28. The van der Waals surface area contributed by atoms with Gasteiger partial charge in [0, 0.05) is 25.1 Å². The molecular weight excluding hydrogens is 264 g/mol. The molecule has 1 aromatic rings. The summed E-state index contributed by atoms with van der Waals surface area (Å²) < 4.78 is 5.44. The average molecular weight is 290 g/mol. The summed E-state index contributed by atoms with van der Waals surface area (Å²) in [6.45, 7) is 5.14. The Kier molecular flexibility index (Phi) is 5.04. The molecule has 2 aliphatic heterocycles. The SMILES string of the molecule is CN1CCC(CCNc2cc([C@@H]3CCOC3)ncn2)CC1. The van der Waals surface area contributed by atoms with Crippen LogP contribution in [0.2, 0.25) is 0 Å². The Morgan fingerprint density at radius 2 is 2.14 bits per heavy atom. The van der Waals surface area contributed by atoms with Gasteiger partial charge < -0.3 is 15.0 Å². The van der Waals surface area contributed by atoms with Crippen LogP contribution >= 0.6 is 0 Å². The highest BCUT2D eigenvalue weighted by atomic mass is 16.5. The van der Waals surface area contributed by atoms with Gasteiger partial charge in [-0.1, -0.05) is 0 Å². The Bertz CT molecular complexity index is 440. The van der Waals surface area contributed by atoms with Gasteiger partial charge in [0.25, 0.3) is 0 Å². The van der Waals surface area contributed by atoms with E-state index >= 15 is 0 Å². The Balaban J connectivity index is 1.45. The smallest absolute Gasteiger partial charge is 0.129 e. The summed E-state index contributed by atoms with van der Waals surface area (Å²) in [4.78, 5) is 11.1. The molecule has 5 nitrogen and oxygen atoms in total. The van der Waals surface area contributed by atoms with Crippen molar-refractivity contribution in [3.05, 3.63) is 18.1 Å². The third-order valence-electron chi connectivity index (χ3n) is 4.73. The zero-order valence-corrected chi connectivity index (χ0v) is 12.9. The van der Waals surface area contributed by atoms with E-state index in [4.69, 9.17) is 4.74 Å². The van der Waals surface area contributed by atoms with E-state index in [1.807, 2.05) is 0 Å². The molecule has 2 aliphatic rings. The lowest BCUT2D eigenvalue weighted by molar-refractivity contribution is 0.193. The molecule has 1 aromatic heterocycles. The third kappa shape index (κ3) is 4.14. The van der Waals surface area contributed by atoms with E-state index in [9.17, 15) is 0 Å². The molecule has 1 N–H and O–H groups in total. The average Bonchev–Trinajstić information content (AvgIpc) is 3.04. The molecule has 3 rings (SSSR count). The summed E-state index contributed by atoms with van der Waals surface area (Å²) in [6, 6.07) is 2.09. The van der Waals surface area contributed by atoms with Gasteiger partial charge in [-0.15, -0.1) is 0 Å². The van der Waals surface area contributed by atoms with E-state index in [-0.39, 0.29) is 0 Å². The van der Waals surface area contributed by atoms with E-state index in [0.717, 1.165) is 43.6 Å². The second-order valence-electron chi connectivity index (χ2n) is 6.35. The first-order valence-electron chi connectivity index (χ1n) is 8.13. The van der Waals surface area contributed by atoms with Crippen LogP contribution in [0.4, 0.5) is 5.82 Å². The maximum atomic E-state index is 5.44. The predicted octanol–water partition coefficient (Wildman–Crippen LogP) is 2.12. The molecule has 116 valence electrons. The van der Waals surface area contributed by atoms with Crippen molar-refractivity contribution in [1.82, 2.24) is 14.9 Å².